The lowest BCUT2D eigenvalue weighted by Crippen LogP contribution is -2.24. The number of halogens is 2. The zero-order valence-electron chi connectivity index (χ0n) is 18.6. The van der Waals surface area contributed by atoms with Crippen molar-refractivity contribution < 1.29 is 8.78 Å². The highest BCUT2D eigenvalue weighted by atomic mass is 19.1. The Morgan fingerprint density at radius 1 is 0.562 bits per heavy atom. The molecule has 8 bridgehead atoms. The van der Waals surface area contributed by atoms with E-state index in [0.717, 1.165) is 33.9 Å². The molecule has 1 aliphatic heterocycles. The van der Waals surface area contributed by atoms with Crippen LogP contribution >= 0.6 is 0 Å². The molecule has 4 heteroatoms. The summed E-state index contributed by atoms with van der Waals surface area (Å²) in [5.41, 5.74) is 4.32. The highest BCUT2D eigenvalue weighted by Crippen LogP contribution is 2.39. The summed E-state index contributed by atoms with van der Waals surface area (Å²) in [6.45, 7) is 7.87. The van der Waals surface area contributed by atoms with Crippen molar-refractivity contribution in [3.8, 4) is 22.5 Å². The molecule has 4 aromatic rings. The molecule has 0 fully saturated rings. The number of aromatic nitrogens is 2. The fraction of sp³-hybridized carbons (Fsp3) is 0.214. The molecule has 5 rings (SSSR count). The maximum absolute atomic E-state index is 15.1. The van der Waals surface area contributed by atoms with Crippen molar-refractivity contribution in [1.29, 1.82) is 0 Å². The molecule has 0 spiro atoms. The van der Waals surface area contributed by atoms with Crippen molar-refractivity contribution >= 4 is 0 Å². The van der Waals surface area contributed by atoms with Crippen LogP contribution in [0.5, 0.6) is 0 Å². The summed E-state index contributed by atoms with van der Waals surface area (Å²) in [6, 6.07) is 21.7. The van der Waals surface area contributed by atoms with Crippen LogP contribution in [0, 0.1) is 11.6 Å². The smallest absolute Gasteiger partial charge is 0.127 e. The molecule has 160 valence electrons. The third-order valence-corrected chi connectivity index (χ3v) is 6.65. The van der Waals surface area contributed by atoms with Crippen LogP contribution in [0.4, 0.5) is 8.78 Å². The summed E-state index contributed by atoms with van der Waals surface area (Å²) in [5, 5.41) is 0. The minimum atomic E-state index is -0.904. The van der Waals surface area contributed by atoms with Crippen molar-refractivity contribution in [1.82, 2.24) is 9.97 Å². The quantitative estimate of drug-likeness (QED) is 0.301. The van der Waals surface area contributed by atoms with Gasteiger partial charge in [0.05, 0.1) is 22.8 Å². The summed E-state index contributed by atoms with van der Waals surface area (Å²) in [6.07, 6.45) is 0. The van der Waals surface area contributed by atoms with E-state index >= 15 is 8.78 Å². The van der Waals surface area contributed by atoms with Gasteiger partial charge in [-0.1, -0.05) is 26.0 Å². The summed E-state index contributed by atoms with van der Waals surface area (Å²) < 4.78 is 30.2. The second-order valence-electron chi connectivity index (χ2n) is 9.46. The molecule has 32 heavy (non-hydrogen) atoms. The maximum atomic E-state index is 15.1. The number of hydrogen-bond donors (Lipinski definition) is 0. The van der Waals surface area contributed by atoms with Gasteiger partial charge in [0.15, 0.2) is 0 Å². The highest BCUT2D eigenvalue weighted by Gasteiger charge is 2.32. The fourth-order valence-corrected chi connectivity index (χ4v) is 4.49. The maximum Gasteiger partial charge on any atom is 0.127 e. The molecule has 0 saturated carbocycles. The highest BCUT2D eigenvalue weighted by molar-refractivity contribution is 5.65. The SMILES string of the molecule is CC1(C)c2cccc(n2)-c2ccc(F)c(c2)C(C)(C)c2cc(ccc2F)-c2cccc1n2. The van der Waals surface area contributed by atoms with Crippen LogP contribution < -0.4 is 0 Å². The molecule has 2 aromatic heterocycles. The number of nitrogens with zero attached hydrogens (tertiary/aromatic N) is 2. The molecule has 2 aromatic carbocycles. The van der Waals surface area contributed by atoms with Gasteiger partial charge in [-0.2, -0.15) is 0 Å². The Labute approximate surface area is 187 Å². The van der Waals surface area contributed by atoms with E-state index in [-0.39, 0.29) is 11.6 Å². The molecule has 0 amide bonds. The lowest BCUT2D eigenvalue weighted by molar-refractivity contribution is 0.515. The van der Waals surface area contributed by atoms with E-state index in [9.17, 15) is 0 Å². The van der Waals surface area contributed by atoms with Crippen LogP contribution in [0.15, 0.2) is 72.8 Å². The van der Waals surface area contributed by atoms with E-state index in [0.29, 0.717) is 11.1 Å². The Balaban J connectivity index is 1.89. The van der Waals surface area contributed by atoms with Gasteiger partial charge in [-0.15, -0.1) is 0 Å². The molecule has 0 unspecified atom stereocenters. The summed E-state index contributed by atoms with van der Waals surface area (Å²) in [7, 11) is 0. The fourth-order valence-electron chi connectivity index (χ4n) is 4.49. The van der Waals surface area contributed by atoms with E-state index in [4.69, 9.17) is 9.97 Å². The predicted octanol–water partition coefficient (Wildman–Crippen LogP) is 7.05. The van der Waals surface area contributed by atoms with Crippen molar-refractivity contribution in [2.24, 2.45) is 0 Å². The number of pyridine rings is 2. The molecule has 0 radical (unpaired) electrons. The van der Waals surface area contributed by atoms with Crippen molar-refractivity contribution in [3.05, 3.63) is 107 Å². The Hall–Kier alpha value is -3.40. The van der Waals surface area contributed by atoms with Crippen LogP contribution in [0.25, 0.3) is 22.5 Å². The Morgan fingerprint density at radius 3 is 1.44 bits per heavy atom. The lowest BCUT2D eigenvalue weighted by atomic mass is 9.76. The standard InChI is InChI=1S/C28H24F2N2/c1-27(2)19-15-17(11-13-21(19)29)23-7-5-9-25(31-23)28(3,4)26-10-6-8-24(32-26)18-12-14-22(30)20(27)16-18/h5-16H,1-4H3. The minimum Gasteiger partial charge on any atom is -0.252 e. The van der Waals surface area contributed by atoms with Crippen LogP contribution in [0.1, 0.15) is 50.2 Å². The summed E-state index contributed by atoms with van der Waals surface area (Å²) in [4.78, 5) is 9.85. The van der Waals surface area contributed by atoms with Gasteiger partial charge < -0.3 is 0 Å². The third-order valence-electron chi connectivity index (χ3n) is 6.65. The zero-order chi connectivity index (χ0) is 22.7. The van der Waals surface area contributed by atoms with Gasteiger partial charge in [0.2, 0.25) is 0 Å². The van der Waals surface area contributed by atoms with E-state index < -0.39 is 10.8 Å². The Kier molecular flexibility index (Phi) is 4.52. The monoisotopic (exact) mass is 426 g/mol. The average molecular weight is 427 g/mol. The third kappa shape index (κ3) is 3.13. The Bertz CT molecular complexity index is 1250. The topological polar surface area (TPSA) is 25.8 Å². The molecule has 2 nitrogen and oxygen atoms in total. The zero-order valence-corrected chi connectivity index (χ0v) is 18.6. The largest absolute Gasteiger partial charge is 0.252 e. The molecule has 1 aliphatic rings. The van der Waals surface area contributed by atoms with Gasteiger partial charge in [0, 0.05) is 22.0 Å². The molecule has 0 aliphatic carbocycles. The van der Waals surface area contributed by atoms with Gasteiger partial charge in [-0.05, 0) is 85.6 Å². The van der Waals surface area contributed by atoms with Gasteiger partial charge in [-0.25, -0.2) is 8.78 Å². The van der Waals surface area contributed by atoms with Crippen molar-refractivity contribution in [2.75, 3.05) is 0 Å². The van der Waals surface area contributed by atoms with Gasteiger partial charge in [-0.3, -0.25) is 9.97 Å². The van der Waals surface area contributed by atoms with Gasteiger partial charge in [0.1, 0.15) is 11.6 Å². The second-order valence-corrected chi connectivity index (χ2v) is 9.46. The minimum absolute atomic E-state index is 0.368. The lowest BCUT2D eigenvalue weighted by Gasteiger charge is -2.29. The van der Waals surface area contributed by atoms with Gasteiger partial charge in [0.25, 0.3) is 0 Å². The van der Waals surface area contributed by atoms with Crippen LogP contribution in [0.2, 0.25) is 0 Å². The number of benzene rings is 2. The van der Waals surface area contributed by atoms with E-state index in [1.54, 1.807) is 24.3 Å². The summed E-state index contributed by atoms with van der Waals surface area (Å²) >= 11 is 0. The van der Waals surface area contributed by atoms with Gasteiger partial charge >= 0.3 is 0 Å². The molecule has 0 saturated heterocycles. The summed E-state index contributed by atoms with van der Waals surface area (Å²) in [5.74, 6) is -0.737. The second kappa shape index (κ2) is 7.06. The molecular formula is C28H24F2N2. The predicted molar refractivity (Wildman–Crippen MR) is 124 cm³/mol. The van der Waals surface area contributed by atoms with Crippen LogP contribution in [-0.2, 0) is 10.8 Å². The molecule has 0 N–H and O–H groups in total. The number of fused-ring (bicyclic) bond motifs is 10. The first-order valence-corrected chi connectivity index (χ1v) is 10.7. The van der Waals surface area contributed by atoms with Crippen molar-refractivity contribution in [3.63, 3.8) is 0 Å². The van der Waals surface area contributed by atoms with E-state index in [1.807, 2.05) is 50.2 Å². The van der Waals surface area contributed by atoms with Crippen LogP contribution in [-0.4, -0.2) is 9.97 Å². The first-order valence-electron chi connectivity index (χ1n) is 10.7. The number of hydrogen-bond acceptors (Lipinski definition) is 2. The molecule has 3 heterocycles. The molecule has 0 atom stereocenters. The normalized spacial score (nSPS) is 15.7. The average Bonchev–Trinajstić information content (AvgIpc) is 2.79. The first-order chi connectivity index (χ1) is 15.2. The molecular weight excluding hydrogens is 402 g/mol. The van der Waals surface area contributed by atoms with E-state index in [1.165, 1.54) is 12.1 Å². The Morgan fingerprint density at radius 2 is 1.00 bits per heavy atom. The number of rotatable bonds is 0. The van der Waals surface area contributed by atoms with Crippen molar-refractivity contribution in [2.45, 2.75) is 38.5 Å². The van der Waals surface area contributed by atoms with Crippen LogP contribution in [0.3, 0.4) is 0 Å². The first kappa shape index (κ1) is 20.5. The van der Waals surface area contributed by atoms with E-state index in [2.05, 4.69) is 13.8 Å².